The lowest BCUT2D eigenvalue weighted by Gasteiger charge is -2.09. The molecular weight excluding hydrogens is 303 g/mol. The standard InChI is InChI=1S/C12H20N4O2.2ClH/c13-9-6-8(7-10(9)17)12(18)16-3-1-2-11-14-4-5-15-11;;/h4-5,8-10,17H,1-3,6-7,13H2,(H,14,15)(H,16,18);2*1H/t8-,9+,10+;;/m0../s1. The van der Waals surface area contributed by atoms with E-state index in [0.29, 0.717) is 19.4 Å². The van der Waals surface area contributed by atoms with Gasteiger partial charge < -0.3 is 21.1 Å². The van der Waals surface area contributed by atoms with Crippen LogP contribution in [0.4, 0.5) is 0 Å². The van der Waals surface area contributed by atoms with Crippen LogP contribution in [-0.4, -0.2) is 39.7 Å². The molecule has 1 saturated carbocycles. The molecule has 0 spiro atoms. The number of nitrogens with two attached hydrogens (primary N) is 1. The van der Waals surface area contributed by atoms with Crippen LogP contribution >= 0.6 is 24.8 Å². The Morgan fingerprint density at radius 2 is 2.25 bits per heavy atom. The van der Waals surface area contributed by atoms with Crippen molar-refractivity contribution in [3.8, 4) is 0 Å². The zero-order valence-corrected chi connectivity index (χ0v) is 12.8. The van der Waals surface area contributed by atoms with Crippen LogP contribution in [0.3, 0.4) is 0 Å². The number of hydrogen-bond donors (Lipinski definition) is 4. The molecule has 1 amide bonds. The molecule has 0 radical (unpaired) electrons. The van der Waals surface area contributed by atoms with E-state index in [9.17, 15) is 9.90 Å². The Labute approximate surface area is 130 Å². The van der Waals surface area contributed by atoms with Gasteiger partial charge in [0.05, 0.1) is 6.10 Å². The van der Waals surface area contributed by atoms with Crippen molar-refractivity contribution in [3.05, 3.63) is 18.2 Å². The minimum absolute atomic E-state index is 0. The number of aliphatic hydroxyl groups is 1. The van der Waals surface area contributed by atoms with Crippen LogP contribution in [0.1, 0.15) is 25.1 Å². The number of halogens is 2. The summed E-state index contributed by atoms with van der Waals surface area (Å²) in [6, 6.07) is -0.260. The van der Waals surface area contributed by atoms with E-state index in [4.69, 9.17) is 5.73 Å². The highest BCUT2D eigenvalue weighted by Crippen LogP contribution is 2.24. The van der Waals surface area contributed by atoms with Gasteiger partial charge >= 0.3 is 0 Å². The summed E-state index contributed by atoms with van der Waals surface area (Å²) in [5, 5.41) is 12.4. The molecule has 5 N–H and O–H groups in total. The lowest BCUT2D eigenvalue weighted by molar-refractivity contribution is -0.125. The summed E-state index contributed by atoms with van der Waals surface area (Å²) in [5.41, 5.74) is 5.68. The highest BCUT2D eigenvalue weighted by atomic mass is 35.5. The van der Waals surface area contributed by atoms with E-state index in [2.05, 4.69) is 15.3 Å². The van der Waals surface area contributed by atoms with Gasteiger partial charge in [0.1, 0.15) is 5.82 Å². The Morgan fingerprint density at radius 3 is 2.80 bits per heavy atom. The lowest BCUT2D eigenvalue weighted by Crippen LogP contribution is -2.31. The summed E-state index contributed by atoms with van der Waals surface area (Å²) >= 11 is 0. The molecule has 0 bridgehead atoms. The second kappa shape index (κ2) is 9.18. The molecule has 6 nitrogen and oxygen atoms in total. The SMILES string of the molecule is Cl.Cl.N[C@@H]1C[C@H](C(=O)NCCCc2ncc[nH]2)C[C@H]1O. The van der Waals surface area contributed by atoms with E-state index >= 15 is 0 Å². The van der Waals surface area contributed by atoms with E-state index in [1.165, 1.54) is 0 Å². The van der Waals surface area contributed by atoms with Crippen LogP contribution in [0.15, 0.2) is 12.4 Å². The molecule has 1 aliphatic carbocycles. The molecule has 1 aromatic heterocycles. The molecule has 0 unspecified atom stereocenters. The van der Waals surface area contributed by atoms with Gasteiger partial charge in [0.2, 0.25) is 5.91 Å². The number of nitrogens with one attached hydrogen (secondary N) is 2. The van der Waals surface area contributed by atoms with Crippen molar-refractivity contribution in [2.75, 3.05) is 6.54 Å². The first-order valence-electron chi connectivity index (χ1n) is 6.36. The second-order valence-electron chi connectivity index (χ2n) is 4.83. The summed E-state index contributed by atoms with van der Waals surface area (Å²) in [6.07, 6.45) is 5.69. The normalized spacial score (nSPS) is 24.6. The third-order valence-electron chi connectivity index (χ3n) is 3.39. The molecule has 116 valence electrons. The van der Waals surface area contributed by atoms with E-state index in [0.717, 1.165) is 18.7 Å². The number of carbonyl (C=O) groups is 1. The van der Waals surface area contributed by atoms with Gasteiger partial charge in [-0.3, -0.25) is 4.79 Å². The van der Waals surface area contributed by atoms with Crippen LogP contribution in [0.2, 0.25) is 0 Å². The fourth-order valence-electron chi connectivity index (χ4n) is 2.31. The second-order valence-corrected chi connectivity index (χ2v) is 4.83. The molecule has 0 saturated heterocycles. The molecule has 0 aliphatic heterocycles. The fraction of sp³-hybridized carbons (Fsp3) is 0.667. The Kier molecular flexibility index (Phi) is 8.80. The third-order valence-corrected chi connectivity index (χ3v) is 3.39. The van der Waals surface area contributed by atoms with E-state index < -0.39 is 6.10 Å². The molecule has 1 heterocycles. The maximum atomic E-state index is 11.8. The van der Waals surface area contributed by atoms with Gasteiger partial charge in [-0.15, -0.1) is 24.8 Å². The molecule has 2 rings (SSSR count). The largest absolute Gasteiger partial charge is 0.391 e. The molecule has 1 aliphatic rings. The van der Waals surface area contributed by atoms with Crippen LogP contribution in [0, 0.1) is 5.92 Å². The number of aliphatic hydroxyl groups excluding tert-OH is 1. The van der Waals surface area contributed by atoms with Crippen molar-refractivity contribution < 1.29 is 9.90 Å². The third kappa shape index (κ3) is 5.28. The Balaban J connectivity index is 0.00000180. The number of aromatic amines is 1. The van der Waals surface area contributed by atoms with E-state index in [1.807, 2.05) is 0 Å². The average molecular weight is 325 g/mol. The molecule has 8 heteroatoms. The zero-order valence-electron chi connectivity index (χ0n) is 11.1. The lowest BCUT2D eigenvalue weighted by atomic mass is 10.1. The number of H-pyrrole nitrogens is 1. The van der Waals surface area contributed by atoms with Gasteiger partial charge in [-0.2, -0.15) is 0 Å². The molecule has 3 atom stereocenters. The van der Waals surface area contributed by atoms with Gasteiger partial charge in [-0.05, 0) is 19.3 Å². The van der Waals surface area contributed by atoms with Crippen molar-refractivity contribution in [2.24, 2.45) is 11.7 Å². The monoisotopic (exact) mass is 324 g/mol. The first kappa shape index (κ1) is 19.2. The number of nitrogens with zero attached hydrogens (tertiary/aromatic N) is 1. The highest BCUT2D eigenvalue weighted by Gasteiger charge is 2.34. The van der Waals surface area contributed by atoms with Crippen LogP contribution in [-0.2, 0) is 11.2 Å². The van der Waals surface area contributed by atoms with Gasteiger partial charge in [-0.1, -0.05) is 0 Å². The molecular formula is C12H22Cl2N4O2. The van der Waals surface area contributed by atoms with Crippen molar-refractivity contribution >= 4 is 30.7 Å². The molecule has 20 heavy (non-hydrogen) atoms. The molecule has 0 aromatic carbocycles. The van der Waals surface area contributed by atoms with Crippen LogP contribution < -0.4 is 11.1 Å². The van der Waals surface area contributed by atoms with Crippen molar-refractivity contribution in [1.29, 1.82) is 0 Å². The van der Waals surface area contributed by atoms with Gasteiger partial charge in [-0.25, -0.2) is 4.98 Å². The van der Waals surface area contributed by atoms with Crippen LogP contribution in [0.25, 0.3) is 0 Å². The Bertz CT molecular complexity index is 379. The highest BCUT2D eigenvalue weighted by molar-refractivity contribution is 5.85. The zero-order chi connectivity index (χ0) is 13.0. The average Bonchev–Trinajstić information content (AvgIpc) is 2.96. The first-order chi connectivity index (χ1) is 8.66. The number of amides is 1. The first-order valence-corrected chi connectivity index (χ1v) is 6.36. The number of imidazole rings is 1. The van der Waals surface area contributed by atoms with E-state index in [-0.39, 0.29) is 42.7 Å². The summed E-state index contributed by atoms with van der Waals surface area (Å²) in [5.74, 6) is 0.794. The maximum Gasteiger partial charge on any atom is 0.223 e. The molecule has 1 aromatic rings. The van der Waals surface area contributed by atoms with Crippen molar-refractivity contribution in [2.45, 2.75) is 37.8 Å². The minimum atomic E-state index is -0.538. The summed E-state index contributed by atoms with van der Waals surface area (Å²) in [7, 11) is 0. The van der Waals surface area contributed by atoms with Crippen LogP contribution in [0.5, 0.6) is 0 Å². The summed E-state index contributed by atoms with van der Waals surface area (Å²) in [6.45, 7) is 0.626. The summed E-state index contributed by atoms with van der Waals surface area (Å²) < 4.78 is 0. The topological polar surface area (TPSA) is 104 Å². The number of hydrogen-bond acceptors (Lipinski definition) is 4. The number of aryl methyl sites for hydroxylation is 1. The quantitative estimate of drug-likeness (QED) is 0.588. The van der Waals surface area contributed by atoms with Crippen molar-refractivity contribution in [3.63, 3.8) is 0 Å². The smallest absolute Gasteiger partial charge is 0.223 e. The van der Waals surface area contributed by atoms with E-state index in [1.54, 1.807) is 12.4 Å². The predicted octanol–water partition coefficient (Wildman–Crippen LogP) is 0.400. The summed E-state index contributed by atoms with van der Waals surface area (Å²) in [4.78, 5) is 18.9. The predicted molar refractivity (Wildman–Crippen MR) is 81.1 cm³/mol. The van der Waals surface area contributed by atoms with Crippen molar-refractivity contribution in [1.82, 2.24) is 15.3 Å². The van der Waals surface area contributed by atoms with Gasteiger partial charge in [0, 0.05) is 37.3 Å². The number of aromatic nitrogens is 2. The maximum absolute atomic E-state index is 11.8. The Hall–Kier alpha value is -0.820. The number of rotatable bonds is 5. The minimum Gasteiger partial charge on any atom is -0.391 e. The Morgan fingerprint density at radius 1 is 1.50 bits per heavy atom. The number of carbonyl (C=O) groups excluding carboxylic acids is 1. The van der Waals surface area contributed by atoms with Gasteiger partial charge in [0.25, 0.3) is 0 Å². The molecule has 1 fully saturated rings. The van der Waals surface area contributed by atoms with Gasteiger partial charge in [0.15, 0.2) is 0 Å². The fourth-order valence-corrected chi connectivity index (χ4v) is 2.31.